The van der Waals surface area contributed by atoms with Crippen LogP contribution in [0.3, 0.4) is 0 Å². The van der Waals surface area contributed by atoms with Gasteiger partial charge in [0.2, 0.25) is 11.8 Å². The predicted octanol–water partition coefficient (Wildman–Crippen LogP) is 5.67. The van der Waals surface area contributed by atoms with Crippen LogP contribution in [-0.4, -0.2) is 34.1 Å². The molecule has 0 spiro atoms. The molecule has 0 fully saturated rings. The highest BCUT2D eigenvalue weighted by Crippen LogP contribution is 2.33. The topological polar surface area (TPSA) is 101 Å². The molecule has 9 heteroatoms. The van der Waals surface area contributed by atoms with Crippen molar-refractivity contribution in [1.29, 1.82) is 0 Å². The van der Waals surface area contributed by atoms with Crippen LogP contribution in [0.15, 0.2) is 54.7 Å². The lowest BCUT2D eigenvalue weighted by molar-refractivity contribution is -0.137. The Morgan fingerprint density at radius 2 is 1.86 bits per heavy atom. The number of ether oxygens (including phenoxy) is 1. The van der Waals surface area contributed by atoms with Crippen molar-refractivity contribution in [1.82, 2.24) is 10.3 Å². The molecule has 1 heterocycles. The maximum atomic E-state index is 12.9. The molecule has 3 N–H and O–H groups in total. The molecule has 2 aromatic carbocycles. The fourth-order valence-electron chi connectivity index (χ4n) is 3.45. The lowest BCUT2D eigenvalue weighted by atomic mass is 9.88. The molecule has 0 aliphatic rings. The molecule has 1 unspecified atom stereocenters. The number of hydrogen-bond donors (Lipinski definition) is 3. The van der Waals surface area contributed by atoms with Crippen molar-refractivity contribution in [2.24, 2.45) is 5.41 Å². The molecule has 2 atom stereocenters. The average molecular weight is 530 g/mol. The van der Waals surface area contributed by atoms with Gasteiger partial charge in [-0.05, 0) is 41.7 Å². The van der Waals surface area contributed by atoms with Crippen LogP contribution in [0.2, 0.25) is 5.02 Å². The van der Waals surface area contributed by atoms with E-state index in [0.717, 1.165) is 21.8 Å². The summed E-state index contributed by atoms with van der Waals surface area (Å²) in [5.41, 5.74) is 1.16. The summed E-state index contributed by atoms with van der Waals surface area (Å²) in [5, 5.41) is 16.7. The van der Waals surface area contributed by atoms with Crippen molar-refractivity contribution in [3.8, 4) is 16.2 Å². The zero-order valence-corrected chi connectivity index (χ0v) is 22.4. The monoisotopic (exact) mass is 529 g/mol. The molecule has 36 heavy (non-hydrogen) atoms. The van der Waals surface area contributed by atoms with E-state index in [9.17, 15) is 14.7 Å². The average Bonchev–Trinajstić information content (AvgIpc) is 3.30. The van der Waals surface area contributed by atoms with Gasteiger partial charge in [0.1, 0.15) is 24.5 Å². The fraction of sp³-hybridized carbons (Fsp3) is 0.370. The van der Waals surface area contributed by atoms with Gasteiger partial charge in [-0.2, -0.15) is 0 Å². The van der Waals surface area contributed by atoms with Crippen molar-refractivity contribution < 1.29 is 19.4 Å². The van der Waals surface area contributed by atoms with E-state index in [4.69, 9.17) is 16.3 Å². The van der Waals surface area contributed by atoms with Crippen LogP contribution in [0.25, 0.3) is 10.4 Å². The first-order chi connectivity index (χ1) is 17.1. The number of nitrogens with one attached hydrogen (secondary N) is 2. The van der Waals surface area contributed by atoms with Crippen LogP contribution in [-0.2, 0) is 16.2 Å². The number of aliphatic hydroxyl groups is 1. The van der Waals surface area contributed by atoms with Crippen molar-refractivity contribution in [3.05, 3.63) is 65.3 Å². The van der Waals surface area contributed by atoms with Crippen LogP contribution in [0.4, 0.5) is 5.13 Å². The standard InChI is InChI=1S/C27H32ClN3O4S/c1-5-9-21(30-25(34)23(32)27(2,3)4)24(33)31-26-29-15-22(36-26)20-13-12-18(28)14-17(20)16-35-19-10-7-6-8-11-19/h6-8,10-15,21,23,32H,5,9,16H2,1-4H3,(H,30,34)(H,29,31,33)/t21?,23-/m1/s1. The number of benzene rings is 2. The lowest BCUT2D eigenvalue weighted by Crippen LogP contribution is -2.50. The molecule has 3 aromatic rings. The first kappa shape index (κ1) is 27.6. The number of amides is 2. The molecule has 3 rings (SSSR count). The fourth-order valence-corrected chi connectivity index (χ4v) is 4.52. The van der Waals surface area contributed by atoms with E-state index in [0.29, 0.717) is 29.6 Å². The van der Waals surface area contributed by atoms with Gasteiger partial charge in [0.05, 0.1) is 4.88 Å². The number of rotatable bonds is 10. The minimum absolute atomic E-state index is 0.320. The molecule has 0 aliphatic heterocycles. The minimum atomic E-state index is -1.22. The van der Waals surface area contributed by atoms with E-state index in [2.05, 4.69) is 15.6 Å². The zero-order chi connectivity index (χ0) is 26.3. The van der Waals surface area contributed by atoms with Gasteiger partial charge in [0.15, 0.2) is 5.13 Å². The number of para-hydroxylation sites is 1. The van der Waals surface area contributed by atoms with Crippen LogP contribution >= 0.6 is 22.9 Å². The van der Waals surface area contributed by atoms with Crippen LogP contribution in [0.5, 0.6) is 5.75 Å². The molecule has 0 saturated heterocycles. The van der Waals surface area contributed by atoms with Crippen molar-refractivity contribution in [2.45, 2.75) is 59.3 Å². The van der Waals surface area contributed by atoms with Gasteiger partial charge in [-0.3, -0.25) is 9.59 Å². The van der Waals surface area contributed by atoms with Crippen LogP contribution in [0.1, 0.15) is 46.1 Å². The molecule has 0 aliphatic carbocycles. The maximum absolute atomic E-state index is 12.9. The summed E-state index contributed by atoms with van der Waals surface area (Å²) in [6.45, 7) is 7.53. The van der Waals surface area contributed by atoms with E-state index < -0.39 is 23.5 Å². The number of carbonyl (C=O) groups is 2. The summed E-state index contributed by atoms with van der Waals surface area (Å²) < 4.78 is 5.91. The Labute approximate surface area is 220 Å². The highest BCUT2D eigenvalue weighted by Gasteiger charge is 2.32. The van der Waals surface area contributed by atoms with Crippen molar-refractivity contribution >= 4 is 39.9 Å². The lowest BCUT2D eigenvalue weighted by Gasteiger charge is -2.26. The van der Waals surface area contributed by atoms with Gasteiger partial charge in [-0.25, -0.2) is 4.98 Å². The molecule has 0 bridgehead atoms. The highest BCUT2D eigenvalue weighted by atomic mass is 35.5. The number of aromatic nitrogens is 1. The number of thiazole rings is 1. The Morgan fingerprint density at radius 3 is 2.53 bits per heavy atom. The van der Waals surface area contributed by atoms with Crippen LogP contribution in [0, 0.1) is 5.41 Å². The molecule has 192 valence electrons. The first-order valence-electron chi connectivity index (χ1n) is 11.8. The number of aliphatic hydroxyl groups excluding tert-OH is 1. The van der Waals surface area contributed by atoms with Gasteiger partial charge in [0, 0.05) is 16.8 Å². The molecular weight excluding hydrogens is 498 g/mol. The summed E-state index contributed by atoms with van der Waals surface area (Å²) in [6.07, 6.45) is 1.58. The second-order valence-electron chi connectivity index (χ2n) is 9.54. The van der Waals surface area contributed by atoms with E-state index >= 15 is 0 Å². The predicted molar refractivity (Wildman–Crippen MR) is 144 cm³/mol. The zero-order valence-electron chi connectivity index (χ0n) is 20.9. The first-order valence-corrected chi connectivity index (χ1v) is 13.0. The van der Waals surface area contributed by atoms with Gasteiger partial charge in [0.25, 0.3) is 0 Å². The maximum Gasteiger partial charge on any atom is 0.250 e. The number of nitrogens with zero attached hydrogens (tertiary/aromatic N) is 1. The summed E-state index contributed by atoms with van der Waals surface area (Å²) in [6, 6.07) is 14.3. The van der Waals surface area contributed by atoms with E-state index in [1.54, 1.807) is 33.0 Å². The van der Waals surface area contributed by atoms with Gasteiger partial charge in [-0.1, -0.05) is 81.3 Å². The van der Waals surface area contributed by atoms with E-state index in [-0.39, 0.29) is 5.91 Å². The summed E-state index contributed by atoms with van der Waals surface area (Å²) >= 11 is 7.56. The highest BCUT2D eigenvalue weighted by molar-refractivity contribution is 7.19. The number of halogens is 1. The molecule has 0 saturated carbocycles. The Kier molecular flexibility index (Phi) is 9.48. The molecule has 7 nitrogen and oxygen atoms in total. The van der Waals surface area contributed by atoms with E-state index in [1.807, 2.05) is 49.4 Å². The molecule has 1 aromatic heterocycles. The smallest absolute Gasteiger partial charge is 0.250 e. The SMILES string of the molecule is CCCC(NC(=O)[C@@H](O)C(C)(C)C)C(=O)Nc1ncc(-c2ccc(Cl)cc2COc2ccccc2)s1. The number of anilines is 1. The Hall–Kier alpha value is -2.94. The summed E-state index contributed by atoms with van der Waals surface area (Å²) in [7, 11) is 0. The Bertz CT molecular complexity index is 1180. The normalized spacial score (nSPS) is 13.1. The van der Waals surface area contributed by atoms with E-state index in [1.165, 1.54) is 11.3 Å². The molecular formula is C27H32ClN3O4S. The van der Waals surface area contributed by atoms with Gasteiger partial charge in [-0.15, -0.1) is 0 Å². The largest absolute Gasteiger partial charge is 0.489 e. The van der Waals surface area contributed by atoms with Crippen LogP contribution < -0.4 is 15.4 Å². The number of hydrogen-bond acceptors (Lipinski definition) is 6. The Morgan fingerprint density at radius 1 is 1.14 bits per heavy atom. The quantitative estimate of drug-likeness (QED) is 0.314. The van der Waals surface area contributed by atoms with Crippen molar-refractivity contribution in [3.63, 3.8) is 0 Å². The summed E-state index contributed by atoms with van der Waals surface area (Å²) in [4.78, 5) is 30.6. The third kappa shape index (κ3) is 7.53. The third-order valence-corrected chi connectivity index (χ3v) is 6.67. The van der Waals surface area contributed by atoms with Gasteiger partial charge >= 0.3 is 0 Å². The summed E-state index contributed by atoms with van der Waals surface area (Å²) in [5.74, 6) is -0.197. The second-order valence-corrected chi connectivity index (χ2v) is 11.0. The minimum Gasteiger partial charge on any atom is -0.489 e. The second kappa shape index (κ2) is 12.3. The molecule has 0 radical (unpaired) electrons. The number of carbonyl (C=O) groups excluding carboxylic acids is 2. The molecule has 2 amide bonds. The van der Waals surface area contributed by atoms with Gasteiger partial charge < -0.3 is 20.5 Å². The third-order valence-electron chi connectivity index (χ3n) is 5.49. The van der Waals surface area contributed by atoms with Crippen molar-refractivity contribution in [2.75, 3.05) is 5.32 Å². The Balaban J connectivity index is 1.72.